The van der Waals surface area contributed by atoms with Crippen LogP contribution in [0.2, 0.25) is 0 Å². The first-order valence-electron chi connectivity index (χ1n) is 3.30. The van der Waals surface area contributed by atoms with E-state index >= 15 is 0 Å². The van der Waals surface area contributed by atoms with Gasteiger partial charge in [0.25, 0.3) is 0 Å². The van der Waals surface area contributed by atoms with Crippen LogP contribution in [0.4, 0.5) is 0 Å². The van der Waals surface area contributed by atoms with E-state index in [9.17, 15) is 0 Å². The van der Waals surface area contributed by atoms with Crippen molar-refractivity contribution >= 4 is 0 Å². The molecule has 0 spiro atoms. The molecule has 0 aliphatic heterocycles. The fraction of sp³-hybridized carbons (Fsp3) is 0.500. The van der Waals surface area contributed by atoms with Crippen LogP contribution in [0.1, 0.15) is 13.3 Å². The second kappa shape index (κ2) is 4.25. The maximum atomic E-state index is 9.12. The summed E-state index contributed by atoms with van der Waals surface area (Å²) in [4.78, 5) is 0. The largest absolute Gasteiger partial charge is 0.389 e. The van der Waals surface area contributed by atoms with Crippen LogP contribution in [-0.2, 0) is 0 Å². The van der Waals surface area contributed by atoms with Crippen LogP contribution in [0, 0.1) is 0 Å². The first-order valence-corrected chi connectivity index (χ1v) is 3.30. The third kappa shape index (κ3) is 2.33. The van der Waals surface area contributed by atoms with Crippen molar-refractivity contribution in [1.29, 1.82) is 0 Å². The number of aliphatic hydroxyl groups is 2. The number of rotatable bonds is 4. The van der Waals surface area contributed by atoms with Gasteiger partial charge in [0.2, 0.25) is 0 Å². The van der Waals surface area contributed by atoms with Gasteiger partial charge in [-0.05, 0) is 12.0 Å². The Morgan fingerprint density at radius 2 is 2.10 bits per heavy atom. The molecular weight excluding hydrogens is 128 g/mol. The zero-order chi connectivity index (χ0) is 8.15. The van der Waals surface area contributed by atoms with Crippen LogP contribution < -0.4 is 0 Å². The van der Waals surface area contributed by atoms with Gasteiger partial charge in [-0.3, -0.25) is 0 Å². The molecule has 0 aromatic heterocycles. The number of hydrogen-bond donors (Lipinski definition) is 2. The van der Waals surface area contributed by atoms with Crippen molar-refractivity contribution in [2.45, 2.75) is 25.6 Å². The molecule has 10 heavy (non-hydrogen) atoms. The van der Waals surface area contributed by atoms with Gasteiger partial charge < -0.3 is 10.2 Å². The molecule has 2 atom stereocenters. The standard InChI is InChI=1S/C8H14O2/c1-4-7(9)6(3)8(10)5-2/h4,7-10H,1,3,5H2,2H3. The molecule has 0 aliphatic rings. The van der Waals surface area contributed by atoms with Crippen molar-refractivity contribution < 1.29 is 10.2 Å². The van der Waals surface area contributed by atoms with Gasteiger partial charge in [0.05, 0.1) is 12.2 Å². The summed E-state index contributed by atoms with van der Waals surface area (Å²) in [5, 5.41) is 18.2. The third-order valence-electron chi connectivity index (χ3n) is 1.42. The monoisotopic (exact) mass is 142 g/mol. The summed E-state index contributed by atoms with van der Waals surface area (Å²) in [6.45, 7) is 8.73. The van der Waals surface area contributed by atoms with E-state index < -0.39 is 12.2 Å². The van der Waals surface area contributed by atoms with Gasteiger partial charge in [0, 0.05) is 0 Å². The molecular formula is C8H14O2. The fourth-order valence-corrected chi connectivity index (χ4v) is 0.611. The van der Waals surface area contributed by atoms with Gasteiger partial charge in [0.1, 0.15) is 0 Å². The molecule has 0 fully saturated rings. The topological polar surface area (TPSA) is 40.5 Å². The average molecular weight is 142 g/mol. The minimum atomic E-state index is -0.782. The van der Waals surface area contributed by atoms with Gasteiger partial charge in [-0.25, -0.2) is 0 Å². The smallest absolute Gasteiger partial charge is 0.0951 e. The lowest BCUT2D eigenvalue weighted by molar-refractivity contribution is 0.163. The van der Waals surface area contributed by atoms with Crippen LogP contribution in [0.5, 0.6) is 0 Å². The first-order chi connectivity index (χ1) is 4.63. The van der Waals surface area contributed by atoms with Crippen LogP contribution in [0.15, 0.2) is 24.8 Å². The van der Waals surface area contributed by atoms with Gasteiger partial charge in [0.15, 0.2) is 0 Å². The van der Waals surface area contributed by atoms with E-state index in [1.165, 1.54) is 6.08 Å². The van der Waals surface area contributed by atoms with Gasteiger partial charge in [-0.2, -0.15) is 0 Å². The Bertz CT molecular complexity index is 129. The second-order valence-corrected chi connectivity index (χ2v) is 2.18. The average Bonchev–Trinajstić information content (AvgIpc) is 2.00. The van der Waals surface area contributed by atoms with E-state index in [1.54, 1.807) is 0 Å². The Labute approximate surface area is 61.5 Å². The molecule has 0 amide bonds. The van der Waals surface area contributed by atoms with Crippen molar-refractivity contribution in [3.8, 4) is 0 Å². The number of aliphatic hydroxyl groups excluding tert-OH is 2. The second-order valence-electron chi connectivity index (χ2n) is 2.18. The van der Waals surface area contributed by atoms with E-state index in [4.69, 9.17) is 10.2 Å². The predicted molar refractivity (Wildman–Crippen MR) is 41.6 cm³/mol. The minimum absolute atomic E-state index is 0.414. The Morgan fingerprint density at radius 3 is 2.40 bits per heavy atom. The quantitative estimate of drug-likeness (QED) is 0.571. The Kier molecular flexibility index (Phi) is 4.00. The molecule has 0 bridgehead atoms. The van der Waals surface area contributed by atoms with Crippen molar-refractivity contribution in [3.05, 3.63) is 24.8 Å². The number of hydrogen-bond acceptors (Lipinski definition) is 2. The molecule has 0 radical (unpaired) electrons. The summed E-state index contributed by atoms with van der Waals surface area (Å²) in [5.41, 5.74) is 0.414. The highest BCUT2D eigenvalue weighted by atomic mass is 16.3. The maximum absolute atomic E-state index is 9.12. The summed E-state index contributed by atoms with van der Waals surface area (Å²) in [6, 6.07) is 0. The summed E-state index contributed by atoms with van der Waals surface area (Å²) in [6.07, 6.45) is 0.522. The minimum Gasteiger partial charge on any atom is -0.389 e. The normalized spacial score (nSPS) is 15.9. The maximum Gasteiger partial charge on any atom is 0.0951 e. The summed E-state index contributed by atoms with van der Waals surface area (Å²) < 4.78 is 0. The molecule has 0 heterocycles. The highest BCUT2D eigenvalue weighted by Crippen LogP contribution is 2.08. The molecule has 0 aromatic rings. The highest BCUT2D eigenvalue weighted by molar-refractivity contribution is 5.13. The van der Waals surface area contributed by atoms with Gasteiger partial charge in [-0.15, -0.1) is 6.58 Å². The molecule has 0 aromatic carbocycles. The van der Waals surface area contributed by atoms with Crippen molar-refractivity contribution in [3.63, 3.8) is 0 Å². The first kappa shape index (κ1) is 9.40. The molecule has 0 rings (SSSR count). The molecule has 2 unspecified atom stereocenters. The lowest BCUT2D eigenvalue weighted by atomic mass is 10.0. The summed E-state index contributed by atoms with van der Waals surface area (Å²) in [5.74, 6) is 0. The van der Waals surface area contributed by atoms with Crippen molar-refractivity contribution in [1.82, 2.24) is 0 Å². The van der Waals surface area contributed by atoms with E-state index in [-0.39, 0.29) is 0 Å². The van der Waals surface area contributed by atoms with E-state index in [1.807, 2.05) is 6.92 Å². The molecule has 0 aliphatic carbocycles. The zero-order valence-electron chi connectivity index (χ0n) is 6.25. The van der Waals surface area contributed by atoms with E-state index in [0.29, 0.717) is 12.0 Å². The van der Waals surface area contributed by atoms with Crippen LogP contribution >= 0.6 is 0 Å². The molecule has 0 saturated carbocycles. The SMILES string of the molecule is C=CC(O)C(=C)C(O)CC. The molecule has 2 nitrogen and oxygen atoms in total. The van der Waals surface area contributed by atoms with Gasteiger partial charge >= 0.3 is 0 Å². The van der Waals surface area contributed by atoms with E-state index in [0.717, 1.165) is 0 Å². The van der Waals surface area contributed by atoms with Crippen LogP contribution in [0.3, 0.4) is 0 Å². The zero-order valence-corrected chi connectivity index (χ0v) is 6.25. The molecule has 2 N–H and O–H groups in total. The van der Waals surface area contributed by atoms with Crippen LogP contribution in [0.25, 0.3) is 0 Å². The summed E-state index contributed by atoms with van der Waals surface area (Å²) in [7, 11) is 0. The van der Waals surface area contributed by atoms with Crippen molar-refractivity contribution in [2.75, 3.05) is 0 Å². The lowest BCUT2D eigenvalue weighted by Crippen LogP contribution is -2.18. The van der Waals surface area contributed by atoms with Crippen molar-refractivity contribution in [2.24, 2.45) is 0 Å². The highest BCUT2D eigenvalue weighted by Gasteiger charge is 2.11. The molecule has 58 valence electrons. The fourth-order valence-electron chi connectivity index (χ4n) is 0.611. The summed E-state index contributed by atoms with van der Waals surface area (Å²) >= 11 is 0. The molecule has 0 saturated heterocycles. The van der Waals surface area contributed by atoms with Gasteiger partial charge in [-0.1, -0.05) is 19.6 Å². The Hall–Kier alpha value is -0.600. The Balaban J connectivity index is 3.93. The van der Waals surface area contributed by atoms with E-state index in [2.05, 4.69) is 13.2 Å². The lowest BCUT2D eigenvalue weighted by Gasteiger charge is -2.13. The van der Waals surface area contributed by atoms with Crippen LogP contribution in [-0.4, -0.2) is 22.4 Å². The third-order valence-corrected chi connectivity index (χ3v) is 1.42. The Morgan fingerprint density at radius 1 is 1.60 bits per heavy atom. The predicted octanol–water partition coefficient (Wildman–Crippen LogP) is 0.860. The molecule has 2 heteroatoms.